The van der Waals surface area contributed by atoms with Crippen molar-refractivity contribution in [3.63, 3.8) is 0 Å². The van der Waals surface area contributed by atoms with Crippen LogP contribution in [0, 0.1) is 23.2 Å². The SMILES string of the molecule is CC(C)(C)N(CC(=O)O)C(=O)OCOC(=O)C12CC3CC(CC(C3)C1)C2. The molecule has 4 aliphatic rings. The molecule has 0 unspecified atom stereocenters. The first-order chi connectivity index (χ1) is 12.1. The van der Waals surface area contributed by atoms with Crippen molar-refractivity contribution in [2.75, 3.05) is 13.3 Å². The first-order valence-electron chi connectivity index (χ1n) is 9.42. The van der Waals surface area contributed by atoms with E-state index < -0.39 is 36.4 Å². The molecule has 0 saturated heterocycles. The maximum Gasteiger partial charge on any atom is 0.413 e. The Morgan fingerprint density at radius 1 is 1.00 bits per heavy atom. The van der Waals surface area contributed by atoms with Crippen molar-refractivity contribution in [1.82, 2.24) is 4.90 Å². The molecule has 26 heavy (non-hydrogen) atoms. The van der Waals surface area contributed by atoms with Crippen LogP contribution < -0.4 is 0 Å². The van der Waals surface area contributed by atoms with E-state index in [1.807, 2.05) is 0 Å². The van der Waals surface area contributed by atoms with E-state index >= 15 is 0 Å². The van der Waals surface area contributed by atoms with Crippen LogP contribution in [0.3, 0.4) is 0 Å². The molecule has 4 aliphatic carbocycles. The molecule has 7 heteroatoms. The summed E-state index contributed by atoms with van der Waals surface area (Å²) in [7, 11) is 0. The monoisotopic (exact) mass is 367 g/mol. The van der Waals surface area contributed by atoms with Crippen LogP contribution in [0.4, 0.5) is 4.79 Å². The van der Waals surface area contributed by atoms with E-state index in [0.29, 0.717) is 17.8 Å². The van der Waals surface area contributed by atoms with E-state index in [9.17, 15) is 14.4 Å². The number of carboxylic acids is 1. The molecule has 0 aromatic rings. The second-order valence-corrected chi connectivity index (χ2v) is 9.31. The molecule has 0 heterocycles. The van der Waals surface area contributed by atoms with Gasteiger partial charge in [0, 0.05) is 5.54 Å². The Balaban J connectivity index is 1.53. The Hall–Kier alpha value is -1.79. The Morgan fingerprint density at radius 3 is 1.92 bits per heavy atom. The second kappa shape index (κ2) is 6.74. The summed E-state index contributed by atoms with van der Waals surface area (Å²) in [6, 6.07) is 0. The molecule has 4 fully saturated rings. The molecule has 7 nitrogen and oxygen atoms in total. The van der Waals surface area contributed by atoms with Gasteiger partial charge in [0.1, 0.15) is 6.54 Å². The Morgan fingerprint density at radius 2 is 1.50 bits per heavy atom. The van der Waals surface area contributed by atoms with Crippen molar-refractivity contribution in [3.8, 4) is 0 Å². The van der Waals surface area contributed by atoms with Crippen LogP contribution in [0.1, 0.15) is 59.3 Å². The molecule has 146 valence electrons. The van der Waals surface area contributed by atoms with Crippen LogP contribution in [0.25, 0.3) is 0 Å². The Kier molecular flexibility index (Phi) is 4.92. The van der Waals surface area contributed by atoms with E-state index in [1.165, 1.54) is 19.3 Å². The van der Waals surface area contributed by atoms with Crippen LogP contribution in [0.2, 0.25) is 0 Å². The minimum Gasteiger partial charge on any atom is -0.480 e. The van der Waals surface area contributed by atoms with Crippen molar-refractivity contribution in [2.24, 2.45) is 23.2 Å². The van der Waals surface area contributed by atoms with Gasteiger partial charge in [0.25, 0.3) is 0 Å². The lowest BCUT2D eigenvalue weighted by Gasteiger charge is -2.55. The Bertz CT molecular complexity index is 558. The lowest BCUT2D eigenvalue weighted by molar-refractivity contribution is -0.180. The molecule has 4 bridgehead atoms. The average molecular weight is 367 g/mol. The highest BCUT2D eigenvalue weighted by atomic mass is 16.7. The van der Waals surface area contributed by atoms with Gasteiger partial charge in [-0.3, -0.25) is 14.5 Å². The number of esters is 1. The van der Waals surface area contributed by atoms with Crippen LogP contribution in [-0.2, 0) is 19.1 Å². The predicted molar refractivity (Wildman–Crippen MR) is 92.1 cm³/mol. The zero-order valence-electron chi connectivity index (χ0n) is 15.8. The molecule has 1 amide bonds. The zero-order valence-corrected chi connectivity index (χ0v) is 15.8. The molecular formula is C19H29NO6. The summed E-state index contributed by atoms with van der Waals surface area (Å²) in [4.78, 5) is 37.0. The van der Waals surface area contributed by atoms with Gasteiger partial charge in [-0.25, -0.2) is 4.79 Å². The highest BCUT2D eigenvalue weighted by Gasteiger charge is 2.55. The van der Waals surface area contributed by atoms with Gasteiger partial charge in [-0.15, -0.1) is 0 Å². The zero-order chi connectivity index (χ0) is 19.1. The standard InChI is InChI=1S/C19H29NO6/c1-18(2,3)20(10-15(21)22)17(24)26-11-25-16(23)19-7-12-4-13(8-19)6-14(5-12)9-19/h12-14H,4-11H2,1-3H3,(H,21,22). The van der Waals surface area contributed by atoms with Crippen molar-refractivity contribution in [1.29, 1.82) is 0 Å². The smallest absolute Gasteiger partial charge is 0.413 e. The molecule has 0 atom stereocenters. The molecule has 0 aromatic heterocycles. The van der Waals surface area contributed by atoms with Crippen LogP contribution in [-0.4, -0.2) is 46.9 Å². The first-order valence-corrected chi connectivity index (χ1v) is 9.42. The lowest BCUT2D eigenvalue weighted by atomic mass is 9.49. The third kappa shape index (κ3) is 3.81. The normalized spacial score (nSPS) is 32.2. The van der Waals surface area contributed by atoms with Crippen LogP contribution in [0.15, 0.2) is 0 Å². The number of aliphatic carboxylic acids is 1. The molecule has 4 saturated carbocycles. The van der Waals surface area contributed by atoms with Gasteiger partial charge in [0.15, 0.2) is 0 Å². The number of carbonyl (C=O) groups is 3. The number of rotatable bonds is 5. The maximum atomic E-state index is 12.7. The number of carboxylic acid groups (broad SMARTS) is 1. The number of amides is 1. The molecule has 1 N–H and O–H groups in total. The van der Waals surface area contributed by atoms with Gasteiger partial charge < -0.3 is 14.6 Å². The fraction of sp³-hybridized carbons (Fsp3) is 0.842. The number of carbonyl (C=O) groups excluding carboxylic acids is 2. The predicted octanol–water partition coefficient (Wildman–Crippen LogP) is 3.03. The van der Waals surface area contributed by atoms with Gasteiger partial charge in [0.05, 0.1) is 5.41 Å². The van der Waals surface area contributed by atoms with Crippen LogP contribution in [0.5, 0.6) is 0 Å². The topological polar surface area (TPSA) is 93.1 Å². The van der Waals surface area contributed by atoms with Crippen molar-refractivity contribution in [2.45, 2.75) is 64.8 Å². The van der Waals surface area contributed by atoms with Gasteiger partial charge in [-0.05, 0) is 77.0 Å². The molecular weight excluding hydrogens is 338 g/mol. The molecule has 0 aliphatic heterocycles. The van der Waals surface area contributed by atoms with E-state index in [-0.39, 0.29) is 5.97 Å². The fourth-order valence-corrected chi connectivity index (χ4v) is 5.44. The number of hydrogen-bond donors (Lipinski definition) is 1. The minimum atomic E-state index is -1.12. The van der Waals surface area contributed by atoms with Gasteiger partial charge in [0.2, 0.25) is 6.79 Å². The van der Waals surface area contributed by atoms with E-state index in [4.69, 9.17) is 14.6 Å². The summed E-state index contributed by atoms with van der Waals surface area (Å²) in [6.07, 6.45) is 5.57. The molecule has 0 spiro atoms. The first kappa shape index (κ1) is 19.0. The molecule has 0 aromatic carbocycles. The summed E-state index contributed by atoms with van der Waals surface area (Å²) >= 11 is 0. The van der Waals surface area contributed by atoms with Gasteiger partial charge in [-0.1, -0.05) is 0 Å². The summed E-state index contributed by atoms with van der Waals surface area (Å²) in [5.41, 5.74) is -1.11. The van der Waals surface area contributed by atoms with Gasteiger partial charge >= 0.3 is 18.0 Å². The fourth-order valence-electron chi connectivity index (χ4n) is 5.44. The number of ether oxygens (including phenoxy) is 2. The summed E-state index contributed by atoms with van der Waals surface area (Å²) in [5.74, 6) is 0.502. The van der Waals surface area contributed by atoms with Crippen molar-refractivity contribution >= 4 is 18.0 Å². The van der Waals surface area contributed by atoms with Crippen molar-refractivity contribution < 1.29 is 29.0 Å². The summed E-state index contributed by atoms with van der Waals surface area (Å²) in [5, 5.41) is 8.97. The highest BCUT2D eigenvalue weighted by Crippen LogP contribution is 2.60. The highest BCUT2D eigenvalue weighted by molar-refractivity contribution is 5.78. The average Bonchev–Trinajstić information content (AvgIpc) is 2.49. The van der Waals surface area contributed by atoms with Crippen LogP contribution >= 0.6 is 0 Å². The van der Waals surface area contributed by atoms with Crippen molar-refractivity contribution in [3.05, 3.63) is 0 Å². The largest absolute Gasteiger partial charge is 0.480 e. The Labute approximate surface area is 154 Å². The number of nitrogens with zero attached hydrogens (tertiary/aromatic N) is 1. The van der Waals surface area contributed by atoms with Gasteiger partial charge in [-0.2, -0.15) is 0 Å². The lowest BCUT2D eigenvalue weighted by Crippen LogP contribution is -2.51. The summed E-state index contributed by atoms with van der Waals surface area (Å²) in [6.45, 7) is 4.23. The van der Waals surface area contributed by atoms with E-state index in [0.717, 1.165) is 24.2 Å². The second-order valence-electron chi connectivity index (χ2n) is 9.31. The number of hydrogen-bond acceptors (Lipinski definition) is 5. The molecule has 0 radical (unpaired) electrons. The summed E-state index contributed by atoms with van der Waals surface area (Å²) < 4.78 is 10.4. The third-order valence-electron chi connectivity index (χ3n) is 6.17. The maximum absolute atomic E-state index is 12.7. The minimum absolute atomic E-state index is 0.259. The van der Waals surface area contributed by atoms with E-state index in [1.54, 1.807) is 20.8 Å². The molecule has 4 rings (SSSR count). The van der Waals surface area contributed by atoms with E-state index in [2.05, 4.69) is 0 Å². The quantitative estimate of drug-likeness (QED) is 0.593. The third-order valence-corrected chi connectivity index (χ3v) is 6.17.